The minimum Gasteiger partial charge on any atom is -0.339 e. The summed E-state index contributed by atoms with van der Waals surface area (Å²) in [7, 11) is 1.91. The first-order chi connectivity index (χ1) is 11.1. The number of carbonyl (C=O) groups is 1. The first-order valence-corrected chi connectivity index (χ1v) is 8.18. The van der Waals surface area contributed by atoms with Gasteiger partial charge in [0, 0.05) is 24.3 Å². The van der Waals surface area contributed by atoms with Crippen molar-refractivity contribution in [3.8, 4) is 5.69 Å². The maximum atomic E-state index is 12.6. The topological polar surface area (TPSA) is 50.2 Å². The van der Waals surface area contributed by atoms with Gasteiger partial charge in [0.25, 0.3) is 5.91 Å². The molecule has 1 N–H and O–H groups in total. The Balaban J connectivity index is 0.00000208. The zero-order valence-corrected chi connectivity index (χ0v) is 15.3. The SMILES string of the molecule is Cc1cc(C)n(-c2ccc(C(=O)N(C)C3CCNCC3)cc2)n1.Cl. The maximum absolute atomic E-state index is 12.6. The summed E-state index contributed by atoms with van der Waals surface area (Å²) >= 11 is 0. The molecule has 2 aromatic rings. The van der Waals surface area contributed by atoms with Gasteiger partial charge in [-0.1, -0.05) is 0 Å². The van der Waals surface area contributed by atoms with Crippen molar-refractivity contribution in [2.75, 3.05) is 20.1 Å². The van der Waals surface area contributed by atoms with Crippen molar-refractivity contribution in [2.45, 2.75) is 32.7 Å². The van der Waals surface area contributed by atoms with Crippen molar-refractivity contribution in [1.29, 1.82) is 0 Å². The van der Waals surface area contributed by atoms with Gasteiger partial charge in [0.1, 0.15) is 0 Å². The average molecular weight is 349 g/mol. The normalized spacial score (nSPS) is 15.0. The molecule has 0 saturated carbocycles. The van der Waals surface area contributed by atoms with Crippen LogP contribution in [-0.4, -0.2) is 46.8 Å². The molecule has 5 nitrogen and oxygen atoms in total. The highest BCUT2D eigenvalue weighted by Gasteiger charge is 2.22. The van der Waals surface area contributed by atoms with Gasteiger partial charge in [-0.25, -0.2) is 4.68 Å². The molecule has 1 saturated heterocycles. The molecule has 0 unspecified atom stereocenters. The van der Waals surface area contributed by atoms with Gasteiger partial charge < -0.3 is 10.2 Å². The molecule has 1 aromatic heterocycles. The zero-order chi connectivity index (χ0) is 16.4. The summed E-state index contributed by atoms with van der Waals surface area (Å²) < 4.78 is 1.90. The number of benzene rings is 1. The molecule has 130 valence electrons. The van der Waals surface area contributed by atoms with E-state index in [4.69, 9.17) is 0 Å². The van der Waals surface area contributed by atoms with Crippen LogP contribution in [0.2, 0.25) is 0 Å². The predicted molar refractivity (Wildman–Crippen MR) is 98.3 cm³/mol. The smallest absolute Gasteiger partial charge is 0.253 e. The fraction of sp³-hybridized carbons (Fsp3) is 0.444. The Morgan fingerprint density at radius 3 is 2.38 bits per heavy atom. The van der Waals surface area contributed by atoms with E-state index in [1.807, 2.05) is 60.8 Å². The molecule has 3 rings (SSSR count). The largest absolute Gasteiger partial charge is 0.339 e. The standard InChI is InChI=1S/C18H24N4O.ClH/c1-13-12-14(2)22(20-13)17-6-4-15(5-7-17)18(23)21(3)16-8-10-19-11-9-16;/h4-7,12,16,19H,8-11H2,1-3H3;1H. The number of piperidine rings is 1. The van der Waals surface area contributed by atoms with Crippen LogP contribution in [0.15, 0.2) is 30.3 Å². The van der Waals surface area contributed by atoms with E-state index in [-0.39, 0.29) is 18.3 Å². The fourth-order valence-electron chi connectivity index (χ4n) is 3.20. The molecule has 0 bridgehead atoms. The molecule has 2 heterocycles. The number of nitrogens with zero attached hydrogens (tertiary/aromatic N) is 3. The summed E-state index contributed by atoms with van der Waals surface area (Å²) in [6.45, 7) is 5.98. The maximum Gasteiger partial charge on any atom is 0.253 e. The van der Waals surface area contributed by atoms with Gasteiger partial charge >= 0.3 is 0 Å². The van der Waals surface area contributed by atoms with Gasteiger partial charge in [0.2, 0.25) is 0 Å². The van der Waals surface area contributed by atoms with Gasteiger partial charge in [-0.2, -0.15) is 5.10 Å². The highest BCUT2D eigenvalue weighted by atomic mass is 35.5. The van der Waals surface area contributed by atoms with Crippen LogP contribution in [0.3, 0.4) is 0 Å². The third-order valence-corrected chi connectivity index (χ3v) is 4.55. The van der Waals surface area contributed by atoms with Gasteiger partial charge in [-0.05, 0) is 70.1 Å². The number of hydrogen-bond donors (Lipinski definition) is 1. The Hall–Kier alpha value is -1.85. The van der Waals surface area contributed by atoms with Crippen LogP contribution in [0.1, 0.15) is 34.6 Å². The van der Waals surface area contributed by atoms with Crippen molar-refractivity contribution in [3.05, 3.63) is 47.3 Å². The van der Waals surface area contributed by atoms with E-state index in [9.17, 15) is 4.79 Å². The number of amides is 1. The van der Waals surface area contributed by atoms with Gasteiger partial charge in [-0.3, -0.25) is 4.79 Å². The zero-order valence-electron chi connectivity index (χ0n) is 14.5. The number of aromatic nitrogens is 2. The van der Waals surface area contributed by atoms with Crippen LogP contribution in [0, 0.1) is 13.8 Å². The molecule has 0 spiro atoms. The third-order valence-electron chi connectivity index (χ3n) is 4.55. The second-order valence-electron chi connectivity index (χ2n) is 6.28. The van der Waals surface area contributed by atoms with Gasteiger partial charge in [-0.15, -0.1) is 12.4 Å². The molecule has 1 fully saturated rings. The lowest BCUT2D eigenvalue weighted by atomic mass is 10.0. The molecule has 1 aliphatic heterocycles. The lowest BCUT2D eigenvalue weighted by Gasteiger charge is -2.31. The summed E-state index contributed by atoms with van der Waals surface area (Å²) in [6, 6.07) is 10.1. The Labute approximate surface area is 149 Å². The van der Waals surface area contributed by atoms with Gasteiger partial charge in [0.15, 0.2) is 0 Å². The summed E-state index contributed by atoms with van der Waals surface area (Å²) in [5.41, 5.74) is 3.80. The molecular weight excluding hydrogens is 324 g/mol. The summed E-state index contributed by atoms with van der Waals surface area (Å²) in [5.74, 6) is 0.0943. The molecular formula is C18H25ClN4O. The van der Waals surface area contributed by atoms with Crippen LogP contribution < -0.4 is 5.32 Å². The predicted octanol–water partition coefficient (Wildman–Crippen LogP) is 2.73. The molecule has 0 atom stereocenters. The Kier molecular flexibility index (Phi) is 6.02. The minimum atomic E-state index is 0. The molecule has 1 amide bonds. The second-order valence-corrected chi connectivity index (χ2v) is 6.28. The number of hydrogen-bond acceptors (Lipinski definition) is 3. The monoisotopic (exact) mass is 348 g/mol. The van der Waals surface area contributed by atoms with Crippen molar-refractivity contribution >= 4 is 18.3 Å². The first kappa shape index (κ1) is 18.5. The molecule has 0 aliphatic carbocycles. The quantitative estimate of drug-likeness (QED) is 0.927. The Morgan fingerprint density at radius 1 is 1.21 bits per heavy atom. The summed E-state index contributed by atoms with van der Waals surface area (Å²) in [6.07, 6.45) is 2.04. The fourth-order valence-corrected chi connectivity index (χ4v) is 3.20. The minimum absolute atomic E-state index is 0. The number of carbonyl (C=O) groups excluding carboxylic acids is 1. The second kappa shape index (κ2) is 7.81. The molecule has 1 aromatic carbocycles. The number of rotatable bonds is 3. The van der Waals surface area contributed by atoms with E-state index >= 15 is 0 Å². The van der Waals surface area contributed by atoms with E-state index in [0.717, 1.165) is 48.6 Å². The Bertz CT molecular complexity index is 690. The van der Waals surface area contributed by atoms with E-state index in [1.165, 1.54) is 0 Å². The third kappa shape index (κ3) is 3.79. The van der Waals surface area contributed by atoms with Crippen LogP contribution in [0.4, 0.5) is 0 Å². The molecule has 0 radical (unpaired) electrons. The van der Waals surface area contributed by atoms with Crippen molar-refractivity contribution in [3.63, 3.8) is 0 Å². The van der Waals surface area contributed by atoms with E-state index in [2.05, 4.69) is 10.4 Å². The number of aryl methyl sites for hydroxylation is 2. The van der Waals surface area contributed by atoms with Crippen molar-refractivity contribution < 1.29 is 4.79 Å². The van der Waals surface area contributed by atoms with Crippen molar-refractivity contribution in [1.82, 2.24) is 20.0 Å². The van der Waals surface area contributed by atoms with Crippen LogP contribution >= 0.6 is 12.4 Å². The summed E-state index contributed by atoms with van der Waals surface area (Å²) in [5, 5.41) is 7.81. The number of halogens is 1. The van der Waals surface area contributed by atoms with Crippen LogP contribution in [0.5, 0.6) is 0 Å². The van der Waals surface area contributed by atoms with Crippen LogP contribution in [0.25, 0.3) is 5.69 Å². The highest BCUT2D eigenvalue weighted by molar-refractivity contribution is 5.94. The van der Waals surface area contributed by atoms with Crippen LogP contribution in [-0.2, 0) is 0 Å². The van der Waals surface area contributed by atoms with Gasteiger partial charge in [0.05, 0.1) is 11.4 Å². The van der Waals surface area contributed by atoms with Crippen molar-refractivity contribution in [2.24, 2.45) is 0 Å². The lowest BCUT2D eigenvalue weighted by Crippen LogP contribution is -2.43. The van der Waals surface area contributed by atoms with E-state index in [1.54, 1.807) is 0 Å². The lowest BCUT2D eigenvalue weighted by molar-refractivity contribution is 0.0703. The average Bonchev–Trinajstić information content (AvgIpc) is 2.93. The molecule has 24 heavy (non-hydrogen) atoms. The van der Waals surface area contributed by atoms with E-state index in [0.29, 0.717) is 6.04 Å². The Morgan fingerprint density at radius 2 is 1.83 bits per heavy atom. The summed E-state index contributed by atoms with van der Waals surface area (Å²) in [4.78, 5) is 14.5. The van der Waals surface area contributed by atoms with E-state index < -0.39 is 0 Å². The highest BCUT2D eigenvalue weighted by Crippen LogP contribution is 2.17. The number of nitrogens with one attached hydrogen (secondary N) is 1. The molecule has 6 heteroatoms. The first-order valence-electron chi connectivity index (χ1n) is 8.18. The molecule has 1 aliphatic rings.